The molecule has 3 rings (SSSR count). The van der Waals surface area contributed by atoms with E-state index in [9.17, 15) is 9.59 Å². The number of benzene rings is 1. The third kappa shape index (κ3) is 4.78. The minimum absolute atomic E-state index is 0.0796. The zero-order chi connectivity index (χ0) is 19.2. The van der Waals surface area contributed by atoms with Gasteiger partial charge >= 0.3 is 0 Å². The smallest absolute Gasteiger partial charge is 0.253 e. The lowest BCUT2D eigenvalue weighted by Gasteiger charge is -2.40. The van der Waals surface area contributed by atoms with E-state index in [1.807, 2.05) is 36.1 Å². The zero-order valence-electron chi connectivity index (χ0n) is 16.3. The molecule has 146 valence electrons. The largest absolute Gasteiger partial charge is 0.351 e. The standard InChI is InChI=1S/C22H31N3O2/c1-3-12-23-21(26)20(18-6-4-5-7-18)24-13-15-25(16-14-24)22(27)19-10-8-17(2)9-11-19/h3,8-11,18,20H,1,4-7,12-16H2,2H3,(H,23,26). The molecule has 1 unspecified atom stereocenters. The Morgan fingerprint density at radius 1 is 1.15 bits per heavy atom. The molecule has 1 saturated heterocycles. The Bertz CT molecular complexity index is 657. The average Bonchev–Trinajstić information content (AvgIpc) is 3.21. The quantitative estimate of drug-likeness (QED) is 0.784. The predicted octanol–water partition coefficient (Wildman–Crippen LogP) is 2.61. The Balaban J connectivity index is 1.62. The van der Waals surface area contributed by atoms with Crippen molar-refractivity contribution in [2.24, 2.45) is 5.92 Å². The van der Waals surface area contributed by atoms with Gasteiger partial charge in [0.1, 0.15) is 0 Å². The van der Waals surface area contributed by atoms with Crippen LogP contribution in [0.15, 0.2) is 36.9 Å². The first-order valence-corrected chi connectivity index (χ1v) is 10.1. The summed E-state index contributed by atoms with van der Waals surface area (Å²) in [6, 6.07) is 7.67. The second-order valence-electron chi connectivity index (χ2n) is 7.72. The molecule has 2 amide bonds. The van der Waals surface area contributed by atoms with Crippen molar-refractivity contribution < 1.29 is 9.59 Å². The normalized spacial score (nSPS) is 19.7. The molecule has 1 heterocycles. The van der Waals surface area contributed by atoms with E-state index in [0.717, 1.165) is 37.1 Å². The monoisotopic (exact) mass is 369 g/mol. The maximum atomic E-state index is 12.8. The van der Waals surface area contributed by atoms with Crippen molar-refractivity contribution in [2.75, 3.05) is 32.7 Å². The molecule has 1 atom stereocenters. The molecule has 0 radical (unpaired) electrons. The number of hydrogen-bond donors (Lipinski definition) is 1. The molecular weight excluding hydrogens is 338 g/mol. The maximum Gasteiger partial charge on any atom is 0.253 e. The molecule has 5 nitrogen and oxygen atoms in total. The van der Waals surface area contributed by atoms with Gasteiger partial charge in [0.25, 0.3) is 5.91 Å². The zero-order valence-corrected chi connectivity index (χ0v) is 16.3. The van der Waals surface area contributed by atoms with Crippen molar-refractivity contribution in [2.45, 2.75) is 38.6 Å². The van der Waals surface area contributed by atoms with Gasteiger partial charge in [0.05, 0.1) is 6.04 Å². The molecule has 0 bridgehead atoms. The van der Waals surface area contributed by atoms with E-state index in [-0.39, 0.29) is 17.9 Å². The van der Waals surface area contributed by atoms with E-state index in [1.54, 1.807) is 6.08 Å². The van der Waals surface area contributed by atoms with Gasteiger partial charge < -0.3 is 10.2 Å². The first-order chi connectivity index (χ1) is 13.1. The molecule has 2 aliphatic rings. The van der Waals surface area contributed by atoms with Crippen molar-refractivity contribution in [1.82, 2.24) is 15.1 Å². The number of hydrogen-bond acceptors (Lipinski definition) is 3. The number of carbonyl (C=O) groups excluding carboxylic acids is 2. The molecule has 1 aliphatic carbocycles. The van der Waals surface area contributed by atoms with Crippen LogP contribution in [-0.4, -0.2) is 60.4 Å². The maximum absolute atomic E-state index is 12.8. The Labute approximate surface area is 162 Å². The van der Waals surface area contributed by atoms with Gasteiger partial charge in [0.2, 0.25) is 5.91 Å². The highest BCUT2D eigenvalue weighted by Crippen LogP contribution is 2.31. The summed E-state index contributed by atoms with van der Waals surface area (Å²) in [5.41, 5.74) is 1.89. The first-order valence-electron chi connectivity index (χ1n) is 10.1. The number of nitrogens with zero attached hydrogens (tertiary/aromatic N) is 2. The van der Waals surface area contributed by atoms with E-state index in [1.165, 1.54) is 12.8 Å². The minimum atomic E-state index is -0.0796. The Morgan fingerprint density at radius 2 is 1.78 bits per heavy atom. The lowest BCUT2D eigenvalue weighted by atomic mass is 9.95. The predicted molar refractivity (Wildman–Crippen MR) is 108 cm³/mol. The molecule has 1 N–H and O–H groups in total. The lowest BCUT2D eigenvalue weighted by Crippen LogP contribution is -2.58. The van der Waals surface area contributed by atoms with E-state index in [0.29, 0.717) is 25.6 Å². The molecule has 0 spiro atoms. The van der Waals surface area contributed by atoms with Gasteiger partial charge in [-0.2, -0.15) is 0 Å². The van der Waals surface area contributed by atoms with Crippen LogP contribution in [0.2, 0.25) is 0 Å². The Kier molecular flexibility index (Phi) is 6.67. The van der Waals surface area contributed by atoms with Crippen LogP contribution in [0.3, 0.4) is 0 Å². The van der Waals surface area contributed by atoms with Crippen LogP contribution in [-0.2, 0) is 4.79 Å². The summed E-state index contributed by atoms with van der Waals surface area (Å²) in [6.07, 6.45) is 6.38. The second kappa shape index (κ2) is 9.18. The number of carbonyl (C=O) groups is 2. The summed E-state index contributed by atoms with van der Waals surface area (Å²) in [5, 5.41) is 2.99. The molecule has 27 heavy (non-hydrogen) atoms. The van der Waals surface area contributed by atoms with Crippen LogP contribution in [0.25, 0.3) is 0 Å². The van der Waals surface area contributed by atoms with Crippen LogP contribution >= 0.6 is 0 Å². The fourth-order valence-electron chi connectivity index (χ4n) is 4.31. The van der Waals surface area contributed by atoms with Gasteiger partial charge in [-0.3, -0.25) is 14.5 Å². The number of nitrogens with one attached hydrogen (secondary N) is 1. The van der Waals surface area contributed by atoms with E-state index < -0.39 is 0 Å². The minimum Gasteiger partial charge on any atom is -0.351 e. The van der Waals surface area contributed by atoms with Crippen LogP contribution < -0.4 is 5.32 Å². The van der Waals surface area contributed by atoms with Crippen molar-refractivity contribution in [3.8, 4) is 0 Å². The van der Waals surface area contributed by atoms with E-state index >= 15 is 0 Å². The van der Waals surface area contributed by atoms with Gasteiger partial charge in [-0.1, -0.05) is 36.6 Å². The fourth-order valence-corrected chi connectivity index (χ4v) is 4.31. The summed E-state index contributed by atoms with van der Waals surface area (Å²) in [5.74, 6) is 0.623. The molecule has 1 aromatic carbocycles. The molecule has 1 aliphatic heterocycles. The number of rotatable bonds is 6. The topological polar surface area (TPSA) is 52.7 Å². The van der Waals surface area contributed by atoms with Crippen molar-refractivity contribution >= 4 is 11.8 Å². The summed E-state index contributed by atoms with van der Waals surface area (Å²) in [6.45, 7) is 9.07. The molecule has 0 aromatic heterocycles. The number of aryl methyl sites for hydroxylation is 1. The molecule has 5 heteroatoms. The van der Waals surface area contributed by atoms with Crippen LogP contribution in [0.1, 0.15) is 41.6 Å². The summed E-state index contributed by atoms with van der Waals surface area (Å²) < 4.78 is 0. The van der Waals surface area contributed by atoms with Crippen molar-refractivity contribution in [1.29, 1.82) is 0 Å². The molecular formula is C22H31N3O2. The van der Waals surface area contributed by atoms with Crippen LogP contribution in [0.4, 0.5) is 0 Å². The van der Waals surface area contributed by atoms with Gasteiger partial charge in [0.15, 0.2) is 0 Å². The lowest BCUT2D eigenvalue weighted by molar-refractivity contribution is -0.129. The highest BCUT2D eigenvalue weighted by atomic mass is 16.2. The summed E-state index contributed by atoms with van der Waals surface area (Å²) in [7, 11) is 0. The van der Waals surface area contributed by atoms with Gasteiger partial charge in [-0.15, -0.1) is 6.58 Å². The van der Waals surface area contributed by atoms with Gasteiger partial charge in [-0.05, 0) is 37.8 Å². The van der Waals surface area contributed by atoms with Crippen LogP contribution in [0.5, 0.6) is 0 Å². The third-order valence-electron chi connectivity index (χ3n) is 5.83. The number of piperazine rings is 1. The first kappa shape index (κ1) is 19.6. The highest BCUT2D eigenvalue weighted by molar-refractivity contribution is 5.94. The fraction of sp³-hybridized carbons (Fsp3) is 0.545. The summed E-state index contributed by atoms with van der Waals surface area (Å²) >= 11 is 0. The highest BCUT2D eigenvalue weighted by Gasteiger charge is 2.37. The van der Waals surface area contributed by atoms with Gasteiger partial charge in [-0.25, -0.2) is 0 Å². The van der Waals surface area contributed by atoms with E-state index in [2.05, 4.69) is 16.8 Å². The van der Waals surface area contributed by atoms with Crippen molar-refractivity contribution in [3.63, 3.8) is 0 Å². The van der Waals surface area contributed by atoms with Crippen LogP contribution in [0, 0.1) is 12.8 Å². The summed E-state index contributed by atoms with van der Waals surface area (Å²) in [4.78, 5) is 29.7. The van der Waals surface area contributed by atoms with Gasteiger partial charge in [0, 0.05) is 38.3 Å². The van der Waals surface area contributed by atoms with E-state index in [4.69, 9.17) is 0 Å². The SMILES string of the molecule is C=CCNC(=O)C(C1CCCC1)N1CCN(C(=O)c2ccc(C)cc2)CC1. The molecule has 2 fully saturated rings. The molecule has 1 saturated carbocycles. The van der Waals surface area contributed by atoms with Crippen molar-refractivity contribution in [3.05, 3.63) is 48.0 Å². The Morgan fingerprint density at radius 3 is 2.37 bits per heavy atom. The number of amides is 2. The average molecular weight is 370 g/mol. The second-order valence-corrected chi connectivity index (χ2v) is 7.72. The molecule has 1 aromatic rings. The Hall–Kier alpha value is -2.14. The third-order valence-corrected chi connectivity index (χ3v) is 5.83.